The van der Waals surface area contributed by atoms with Crippen LogP contribution in [-0.4, -0.2) is 30.0 Å². The molecule has 17 heavy (non-hydrogen) atoms. The first-order chi connectivity index (χ1) is 7.93. The van der Waals surface area contributed by atoms with E-state index in [0.29, 0.717) is 22.4 Å². The van der Waals surface area contributed by atoms with Crippen LogP contribution in [0.5, 0.6) is 0 Å². The molecule has 0 spiro atoms. The third kappa shape index (κ3) is 2.21. The van der Waals surface area contributed by atoms with Crippen LogP contribution in [0.3, 0.4) is 0 Å². The monoisotopic (exact) mass is 254 g/mol. The van der Waals surface area contributed by atoms with Gasteiger partial charge in [-0.05, 0) is 13.8 Å². The Morgan fingerprint density at radius 3 is 2.59 bits per heavy atom. The molecular formula is C10H14N4O2S. The fraction of sp³-hybridized carbons (Fsp3) is 0.500. The van der Waals surface area contributed by atoms with Gasteiger partial charge in [0.05, 0.1) is 12.3 Å². The van der Waals surface area contributed by atoms with Crippen LogP contribution in [0.4, 0.5) is 0 Å². The van der Waals surface area contributed by atoms with Crippen LogP contribution in [0, 0.1) is 0 Å². The third-order valence-electron chi connectivity index (χ3n) is 2.33. The molecule has 0 aliphatic heterocycles. The summed E-state index contributed by atoms with van der Waals surface area (Å²) in [5.41, 5.74) is -0.435. The molecule has 2 heterocycles. The molecule has 2 aromatic heterocycles. The van der Waals surface area contributed by atoms with Crippen molar-refractivity contribution in [2.45, 2.75) is 26.1 Å². The Hall–Kier alpha value is -1.31. The van der Waals surface area contributed by atoms with E-state index in [0.717, 1.165) is 0 Å². The quantitative estimate of drug-likeness (QED) is 0.840. The molecule has 92 valence electrons. The van der Waals surface area contributed by atoms with Gasteiger partial charge in [0.25, 0.3) is 0 Å². The predicted molar refractivity (Wildman–Crippen MR) is 63.3 cm³/mol. The van der Waals surface area contributed by atoms with Crippen molar-refractivity contribution in [3.63, 3.8) is 0 Å². The molecule has 6 nitrogen and oxygen atoms in total. The molecule has 0 unspecified atom stereocenters. The zero-order valence-electron chi connectivity index (χ0n) is 9.88. The first-order valence-electron chi connectivity index (χ1n) is 5.11. The molecule has 0 radical (unpaired) electrons. The highest BCUT2D eigenvalue weighted by Gasteiger charge is 2.25. The predicted octanol–water partition coefficient (Wildman–Crippen LogP) is 0.658. The van der Waals surface area contributed by atoms with Gasteiger partial charge in [0.1, 0.15) is 5.60 Å². The maximum Gasteiger partial charge on any atom is 0.192 e. The van der Waals surface area contributed by atoms with Gasteiger partial charge in [-0.2, -0.15) is 0 Å². The minimum absolute atomic E-state index is 0.0906. The van der Waals surface area contributed by atoms with Gasteiger partial charge in [-0.25, -0.2) is 4.98 Å². The lowest BCUT2D eigenvalue weighted by molar-refractivity contribution is 0.0655. The summed E-state index contributed by atoms with van der Waals surface area (Å²) in [6.07, 6.45) is 0. The highest BCUT2D eigenvalue weighted by atomic mass is 32.1. The van der Waals surface area contributed by atoms with E-state index in [1.807, 2.05) is 0 Å². The topological polar surface area (TPSA) is 84.1 Å². The first-order valence-corrected chi connectivity index (χ1v) is 5.99. The smallest absolute Gasteiger partial charge is 0.192 e. The van der Waals surface area contributed by atoms with E-state index in [1.165, 1.54) is 11.3 Å². The molecule has 0 fully saturated rings. The van der Waals surface area contributed by atoms with Crippen molar-refractivity contribution in [1.82, 2.24) is 19.7 Å². The molecular weight excluding hydrogens is 240 g/mol. The van der Waals surface area contributed by atoms with Crippen LogP contribution >= 0.6 is 11.3 Å². The summed E-state index contributed by atoms with van der Waals surface area (Å²) in [6, 6.07) is 0. The van der Waals surface area contributed by atoms with Crippen LogP contribution in [0.25, 0.3) is 10.8 Å². The lowest BCUT2D eigenvalue weighted by Gasteiger charge is -2.15. The molecule has 7 heteroatoms. The van der Waals surface area contributed by atoms with E-state index in [9.17, 15) is 5.11 Å². The van der Waals surface area contributed by atoms with Gasteiger partial charge in [0, 0.05) is 12.4 Å². The SMILES string of the molecule is Cn1c(-c2nc(CO)cs2)nnc1C(C)(C)O. The average Bonchev–Trinajstić information content (AvgIpc) is 2.82. The van der Waals surface area contributed by atoms with Crippen molar-refractivity contribution in [2.24, 2.45) is 7.05 Å². The summed E-state index contributed by atoms with van der Waals surface area (Å²) in [5.74, 6) is 1.07. The zero-order valence-corrected chi connectivity index (χ0v) is 10.7. The summed E-state index contributed by atoms with van der Waals surface area (Å²) < 4.78 is 1.71. The van der Waals surface area contributed by atoms with Crippen molar-refractivity contribution in [2.75, 3.05) is 0 Å². The van der Waals surface area contributed by atoms with Crippen molar-refractivity contribution < 1.29 is 10.2 Å². The van der Waals surface area contributed by atoms with Gasteiger partial charge in [-0.15, -0.1) is 21.5 Å². The molecule has 0 aliphatic carbocycles. The standard InChI is InChI=1S/C10H14N4O2S/c1-10(2,16)9-13-12-7(14(9)3)8-11-6(4-15)5-17-8/h5,15-16H,4H2,1-3H3. The van der Waals surface area contributed by atoms with Crippen molar-refractivity contribution in [3.8, 4) is 10.8 Å². The molecule has 2 rings (SSSR count). The number of nitrogens with zero attached hydrogens (tertiary/aromatic N) is 4. The number of aliphatic hydroxyl groups is 2. The molecule has 0 atom stereocenters. The number of thiazole rings is 1. The van der Waals surface area contributed by atoms with Gasteiger partial charge in [-0.3, -0.25) is 0 Å². The molecule has 2 aromatic rings. The first kappa shape index (κ1) is 12.2. The van der Waals surface area contributed by atoms with E-state index < -0.39 is 5.60 Å². The van der Waals surface area contributed by atoms with Crippen LogP contribution < -0.4 is 0 Å². The fourth-order valence-electron chi connectivity index (χ4n) is 1.53. The number of aliphatic hydroxyl groups excluding tert-OH is 1. The largest absolute Gasteiger partial charge is 0.390 e. The lowest BCUT2D eigenvalue weighted by atomic mass is 10.1. The summed E-state index contributed by atoms with van der Waals surface area (Å²) in [7, 11) is 1.78. The molecule has 0 amide bonds. The van der Waals surface area contributed by atoms with Crippen LogP contribution in [-0.2, 0) is 19.3 Å². The van der Waals surface area contributed by atoms with Gasteiger partial charge in [0.2, 0.25) is 0 Å². The second-order valence-electron chi connectivity index (χ2n) is 4.27. The number of rotatable bonds is 3. The zero-order chi connectivity index (χ0) is 12.6. The van der Waals surface area contributed by atoms with Crippen molar-refractivity contribution >= 4 is 11.3 Å². The average molecular weight is 254 g/mol. The highest BCUT2D eigenvalue weighted by molar-refractivity contribution is 7.13. The second kappa shape index (κ2) is 4.17. The highest BCUT2D eigenvalue weighted by Crippen LogP contribution is 2.25. The van der Waals surface area contributed by atoms with E-state index in [4.69, 9.17) is 5.11 Å². The van der Waals surface area contributed by atoms with E-state index in [-0.39, 0.29) is 6.61 Å². The second-order valence-corrected chi connectivity index (χ2v) is 5.13. The van der Waals surface area contributed by atoms with Crippen LogP contribution in [0.2, 0.25) is 0 Å². The van der Waals surface area contributed by atoms with Crippen LogP contribution in [0.15, 0.2) is 5.38 Å². The molecule has 0 saturated carbocycles. The van der Waals surface area contributed by atoms with Gasteiger partial charge < -0.3 is 14.8 Å². The Morgan fingerprint density at radius 2 is 2.12 bits per heavy atom. The summed E-state index contributed by atoms with van der Waals surface area (Å²) in [4.78, 5) is 4.22. The molecule has 0 aromatic carbocycles. The molecule has 2 N–H and O–H groups in total. The number of aromatic nitrogens is 4. The molecule has 0 bridgehead atoms. The minimum atomic E-state index is -1.04. The Kier molecular flexibility index (Phi) is 2.98. The Labute approximate surface area is 103 Å². The van der Waals surface area contributed by atoms with Crippen molar-refractivity contribution in [3.05, 3.63) is 16.9 Å². The normalized spacial score (nSPS) is 12.1. The summed E-state index contributed by atoms with van der Waals surface area (Å²) in [5, 5.41) is 29.3. The van der Waals surface area contributed by atoms with E-state index in [1.54, 1.807) is 30.8 Å². The maximum atomic E-state index is 9.90. The van der Waals surface area contributed by atoms with Gasteiger partial charge in [0.15, 0.2) is 16.7 Å². The number of hydrogen-bond donors (Lipinski definition) is 2. The molecule has 0 saturated heterocycles. The van der Waals surface area contributed by atoms with E-state index in [2.05, 4.69) is 15.2 Å². The maximum absolute atomic E-state index is 9.90. The number of hydrogen-bond acceptors (Lipinski definition) is 6. The fourth-order valence-corrected chi connectivity index (χ4v) is 2.36. The Balaban J connectivity index is 2.44. The third-order valence-corrected chi connectivity index (χ3v) is 3.21. The van der Waals surface area contributed by atoms with Gasteiger partial charge >= 0.3 is 0 Å². The van der Waals surface area contributed by atoms with E-state index >= 15 is 0 Å². The summed E-state index contributed by atoms with van der Waals surface area (Å²) in [6.45, 7) is 3.22. The minimum Gasteiger partial charge on any atom is -0.390 e. The Bertz CT molecular complexity index is 527. The van der Waals surface area contributed by atoms with Crippen molar-refractivity contribution in [1.29, 1.82) is 0 Å². The Morgan fingerprint density at radius 1 is 1.41 bits per heavy atom. The summed E-state index contributed by atoms with van der Waals surface area (Å²) >= 11 is 1.39. The van der Waals surface area contributed by atoms with Gasteiger partial charge in [-0.1, -0.05) is 0 Å². The van der Waals surface area contributed by atoms with Crippen LogP contribution in [0.1, 0.15) is 25.4 Å². The lowest BCUT2D eigenvalue weighted by Crippen LogP contribution is -2.21. The molecule has 0 aliphatic rings.